The number of thiophene rings is 1. The van der Waals surface area contributed by atoms with Crippen LogP contribution in [0.4, 0.5) is 0 Å². The third-order valence-electron chi connectivity index (χ3n) is 5.72. The number of carbonyl (C=O) groups excluding carboxylic acids is 1. The van der Waals surface area contributed by atoms with Gasteiger partial charge in [-0.15, -0.1) is 11.3 Å². The first kappa shape index (κ1) is 12.1. The molecule has 1 aromatic heterocycles. The molecule has 0 aromatic carbocycles. The normalized spacial score (nSPS) is 39.7. The van der Waals surface area contributed by atoms with Crippen molar-refractivity contribution < 1.29 is 4.79 Å². The van der Waals surface area contributed by atoms with Gasteiger partial charge in [0, 0.05) is 11.3 Å². The fourth-order valence-corrected chi connectivity index (χ4v) is 6.32. The first-order chi connectivity index (χ1) is 9.12. The monoisotopic (exact) mass is 274 g/mol. The molecule has 0 spiro atoms. The van der Waals surface area contributed by atoms with Crippen molar-refractivity contribution in [2.24, 2.45) is 23.2 Å². The molecule has 0 saturated heterocycles. The molecule has 2 heteroatoms. The van der Waals surface area contributed by atoms with E-state index in [4.69, 9.17) is 0 Å². The van der Waals surface area contributed by atoms with Gasteiger partial charge in [0.15, 0.2) is 5.78 Å². The van der Waals surface area contributed by atoms with Crippen LogP contribution in [0.5, 0.6) is 0 Å². The van der Waals surface area contributed by atoms with Gasteiger partial charge in [-0.2, -0.15) is 0 Å². The summed E-state index contributed by atoms with van der Waals surface area (Å²) in [6, 6.07) is 4.11. The summed E-state index contributed by atoms with van der Waals surface area (Å²) < 4.78 is 0. The molecule has 4 aliphatic carbocycles. The zero-order valence-electron chi connectivity index (χ0n) is 11.7. The van der Waals surface area contributed by atoms with E-state index < -0.39 is 0 Å². The Hall–Kier alpha value is -0.630. The Balaban J connectivity index is 1.54. The molecule has 4 bridgehead atoms. The predicted octanol–water partition coefficient (Wildman–Crippen LogP) is 4.85. The number of aryl methyl sites for hydroxylation is 1. The molecule has 0 amide bonds. The lowest BCUT2D eigenvalue weighted by molar-refractivity contribution is -0.0523. The fraction of sp³-hybridized carbons (Fsp3) is 0.706. The van der Waals surface area contributed by atoms with Crippen LogP contribution in [0.3, 0.4) is 0 Å². The summed E-state index contributed by atoms with van der Waals surface area (Å²) >= 11 is 1.67. The second-order valence-corrected chi connectivity index (χ2v) is 8.72. The van der Waals surface area contributed by atoms with Crippen molar-refractivity contribution in [1.29, 1.82) is 0 Å². The van der Waals surface area contributed by atoms with Crippen LogP contribution in [0.2, 0.25) is 0 Å². The van der Waals surface area contributed by atoms with Gasteiger partial charge in [-0.1, -0.05) is 0 Å². The van der Waals surface area contributed by atoms with E-state index in [-0.39, 0.29) is 0 Å². The number of ketones is 1. The molecule has 0 aliphatic heterocycles. The molecule has 0 radical (unpaired) electrons. The van der Waals surface area contributed by atoms with E-state index in [0.29, 0.717) is 11.2 Å². The Morgan fingerprint density at radius 2 is 1.74 bits per heavy atom. The molecule has 0 atom stereocenters. The number of carbonyl (C=O) groups is 1. The van der Waals surface area contributed by atoms with Gasteiger partial charge in [0.05, 0.1) is 4.88 Å². The van der Waals surface area contributed by atoms with Crippen LogP contribution in [0.15, 0.2) is 12.1 Å². The Labute approximate surface area is 119 Å². The molecule has 5 rings (SSSR count). The minimum Gasteiger partial charge on any atom is -0.293 e. The SMILES string of the molecule is Cc1ccc(C(=O)CC23CC4CC(CC(C4)C2)C3)s1. The highest BCUT2D eigenvalue weighted by molar-refractivity contribution is 7.14. The average molecular weight is 274 g/mol. The molecule has 4 fully saturated rings. The van der Waals surface area contributed by atoms with Crippen molar-refractivity contribution >= 4 is 17.1 Å². The summed E-state index contributed by atoms with van der Waals surface area (Å²) in [4.78, 5) is 14.8. The number of rotatable bonds is 3. The van der Waals surface area contributed by atoms with Gasteiger partial charge in [0.1, 0.15) is 0 Å². The summed E-state index contributed by atoms with van der Waals surface area (Å²) in [6.07, 6.45) is 9.25. The molecule has 0 N–H and O–H groups in total. The molecule has 0 unspecified atom stereocenters. The van der Waals surface area contributed by atoms with Crippen molar-refractivity contribution in [1.82, 2.24) is 0 Å². The van der Waals surface area contributed by atoms with E-state index >= 15 is 0 Å². The molecule has 102 valence electrons. The summed E-state index contributed by atoms with van der Waals surface area (Å²) in [6.45, 7) is 2.09. The first-order valence-electron chi connectivity index (χ1n) is 7.72. The van der Waals surface area contributed by atoms with Gasteiger partial charge in [0.2, 0.25) is 0 Å². The largest absolute Gasteiger partial charge is 0.293 e. The Bertz CT molecular complexity index is 478. The van der Waals surface area contributed by atoms with E-state index in [1.807, 2.05) is 6.07 Å². The third kappa shape index (κ3) is 2.08. The lowest BCUT2D eigenvalue weighted by Crippen LogP contribution is -2.46. The van der Waals surface area contributed by atoms with Crippen molar-refractivity contribution in [3.05, 3.63) is 21.9 Å². The first-order valence-corrected chi connectivity index (χ1v) is 8.53. The molecule has 1 aromatic rings. The van der Waals surface area contributed by atoms with Crippen molar-refractivity contribution in [3.8, 4) is 0 Å². The minimum absolute atomic E-state index is 0.393. The average Bonchev–Trinajstić information content (AvgIpc) is 2.73. The number of hydrogen-bond acceptors (Lipinski definition) is 2. The molecular weight excluding hydrogens is 252 g/mol. The maximum atomic E-state index is 12.6. The highest BCUT2D eigenvalue weighted by Crippen LogP contribution is 2.61. The molecule has 1 nitrogen and oxygen atoms in total. The molecule has 19 heavy (non-hydrogen) atoms. The summed E-state index contributed by atoms with van der Waals surface area (Å²) in [5, 5.41) is 0. The predicted molar refractivity (Wildman–Crippen MR) is 78.6 cm³/mol. The van der Waals surface area contributed by atoms with E-state index in [1.165, 1.54) is 43.4 Å². The quantitative estimate of drug-likeness (QED) is 0.720. The molecule has 1 heterocycles. The maximum Gasteiger partial charge on any atom is 0.173 e. The lowest BCUT2D eigenvalue weighted by atomic mass is 9.48. The highest BCUT2D eigenvalue weighted by Gasteiger charge is 2.51. The molecular formula is C17H22OS. The number of hydrogen-bond donors (Lipinski definition) is 0. The fourth-order valence-electron chi connectivity index (χ4n) is 5.52. The van der Waals surface area contributed by atoms with Crippen LogP contribution in [-0.4, -0.2) is 5.78 Å². The number of Topliss-reactive ketones (excluding diaryl/α,β-unsaturated/α-hetero) is 1. The van der Waals surface area contributed by atoms with Crippen LogP contribution >= 0.6 is 11.3 Å². The van der Waals surface area contributed by atoms with E-state index in [1.54, 1.807) is 11.3 Å². The van der Waals surface area contributed by atoms with Crippen LogP contribution < -0.4 is 0 Å². The van der Waals surface area contributed by atoms with Gasteiger partial charge in [0.25, 0.3) is 0 Å². The Morgan fingerprint density at radius 1 is 1.16 bits per heavy atom. The van der Waals surface area contributed by atoms with Crippen LogP contribution in [-0.2, 0) is 0 Å². The summed E-state index contributed by atoms with van der Waals surface area (Å²) in [7, 11) is 0. The second kappa shape index (κ2) is 4.18. The van der Waals surface area contributed by atoms with E-state index in [9.17, 15) is 4.79 Å². The van der Waals surface area contributed by atoms with E-state index in [2.05, 4.69) is 13.0 Å². The van der Waals surface area contributed by atoms with Crippen LogP contribution in [0.1, 0.15) is 59.5 Å². The van der Waals surface area contributed by atoms with E-state index in [0.717, 1.165) is 29.1 Å². The Morgan fingerprint density at radius 3 is 2.21 bits per heavy atom. The van der Waals surface area contributed by atoms with Crippen molar-refractivity contribution in [2.45, 2.75) is 51.9 Å². The van der Waals surface area contributed by atoms with Gasteiger partial charge >= 0.3 is 0 Å². The zero-order valence-corrected chi connectivity index (χ0v) is 12.5. The van der Waals surface area contributed by atoms with Crippen molar-refractivity contribution in [3.63, 3.8) is 0 Å². The lowest BCUT2D eigenvalue weighted by Gasteiger charge is -2.56. The highest BCUT2D eigenvalue weighted by atomic mass is 32.1. The molecule has 4 saturated carbocycles. The van der Waals surface area contributed by atoms with Crippen LogP contribution in [0, 0.1) is 30.1 Å². The third-order valence-corrected chi connectivity index (χ3v) is 6.76. The topological polar surface area (TPSA) is 17.1 Å². The van der Waals surface area contributed by atoms with Crippen LogP contribution in [0.25, 0.3) is 0 Å². The van der Waals surface area contributed by atoms with Gasteiger partial charge in [-0.05, 0) is 80.8 Å². The Kier molecular flexibility index (Phi) is 2.67. The molecule has 4 aliphatic rings. The standard InChI is InChI=1S/C17H22OS/c1-11-2-3-16(19-11)15(18)10-17-7-12-4-13(8-17)6-14(5-12)9-17/h2-3,12-14H,4-10H2,1H3. The minimum atomic E-state index is 0.393. The zero-order chi connectivity index (χ0) is 13.0. The van der Waals surface area contributed by atoms with Gasteiger partial charge < -0.3 is 0 Å². The smallest absolute Gasteiger partial charge is 0.173 e. The second-order valence-electron chi connectivity index (χ2n) is 7.43. The van der Waals surface area contributed by atoms with Gasteiger partial charge in [-0.25, -0.2) is 0 Å². The van der Waals surface area contributed by atoms with Crippen molar-refractivity contribution in [2.75, 3.05) is 0 Å². The summed E-state index contributed by atoms with van der Waals surface area (Å²) in [5.74, 6) is 3.26. The summed E-state index contributed by atoms with van der Waals surface area (Å²) in [5.41, 5.74) is 0.393. The maximum absolute atomic E-state index is 12.6. The van der Waals surface area contributed by atoms with Gasteiger partial charge in [-0.3, -0.25) is 4.79 Å².